The van der Waals surface area contributed by atoms with Crippen molar-refractivity contribution >= 4 is 17.5 Å². The number of methoxy groups -OCH3 is 1. The molecule has 0 spiro atoms. The molecule has 274 valence electrons. The second-order valence-corrected chi connectivity index (χ2v) is 14.7. The minimum Gasteiger partial charge on any atom is -0.392 e. The molecule has 5 rings (SSSR count). The van der Waals surface area contributed by atoms with Crippen molar-refractivity contribution in [2.75, 3.05) is 33.9 Å². The van der Waals surface area contributed by atoms with Crippen molar-refractivity contribution in [3.8, 4) is 0 Å². The molecule has 5 aliphatic rings. The van der Waals surface area contributed by atoms with Crippen LogP contribution in [0.15, 0.2) is 4.99 Å². The van der Waals surface area contributed by atoms with Crippen LogP contribution in [0.2, 0.25) is 0 Å². The number of carbonyl (C=O) groups excluding carboxylic acids is 2. The lowest BCUT2D eigenvalue weighted by Gasteiger charge is -2.55. The lowest BCUT2D eigenvalue weighted by Crippen LogP contribution is -2.74. The fourth-order valence-electron chi connectivity index (χ4n) is 9.09. The number of nitrogens with two attached hydrogens (primary N) is 2. The maximum Gasteiger partial charge on any atom is 0.224 e. The number of ether oxygens (including phenoxy) is 3. The first-order valence-corrected chi connectivity index (χ1v) is 17.2. The number of guanidine groups is 1. The summed E-state index contributed by atoms with van der Waals surface area (Å²) >= 11 is 0. The quantitative estimate of drug-likeness (QED) is 0.0851. The molecule has 0 aromatic rings. The summed E-state index contributed by atoms with van der Waals surface area (Å²) in [6.07, 6.45) is -6.47. The van der Waals surface area contributed by atoms with Crippen LogP contribution in [0.5, 0.6) is 0 Å². The van der Waals surface area contributed by atoms with E-state index in [1.54, 1.807) is 0 Å². The third-order valence-corrected chi connectivity index (χ3v) is 12.0. The van der Waals surface area contributed by atoms with E-state index in [-0.39, 0.29) is 61.3 Å². The molecule has 3 aliphatic carbocycles. The Morgan fingerprint density at radius 2 is 1.79 bits per heavy atom. The summed E-state index contributed by atoms with van der Waals surface area (Å²) in [7, 11) is 3.00. The topological polar surface area (TPSA) is 272 Å². The predicted octanol–water partition coefficient (Wildman–Crippen LogP) is -3.10. The Hall–Kier alpha value is -1.83. The molecule has 48 heavy (non-hydrogen) atoms. The van der Waals surface area contributed by atoms with E-state index in [0.717, 1.165) is 6.42 Å². The smallest absolute Gasteiger partial charge is 0.224 e. The summed E-state index contributed by atoms with van der Waals surface area (Å²) in [5, 5.41) is 73.4. The highest BCUT2D eigenvalue weighted by Gasteiger charge is 2.65. The number of hydrogen-bond donors (Lipinski definition) is 10. The molecule has 16 atom stereocenters. The van der Waals surface area contributed by atoms with Gasteiger partial charge in [-0.05, 0) is 56.9 Å². The molecule has 2 aliphatic heterocycles. The molecule has 3 saturated carbocycles. The van der Waals surface area contributed by atoms with E-state index in [1.165, 1.54) is 14.2 Å². The number of aliphatic hydroxyl groups is 6. The highest BCUT2D eigenvalue weighted by atomic mass is 16.8. The van der Waals surface area contributed by atoms with Gasteiger partial charge in [0.25, 0.3) is 0 Å². The third-order valence-electron chi connectivity index (χ3n) is 12.0. The highest BCUT2D eigenvalue weighted by Crippen LogP contribution is 2.51. The van der Waals surface area contributed by atoms with Gasteiger partial charge in [0.15, 0.2) is 12.2 Å². The lowest BCUT2D eigenvalue weighted by atomic mass is 9.53. The van der Waals surface area contributed by atoms with Gasteiger partial charge in [0.2, 0.25) is 5.79 Å². The zero-order valence-corrected chi connectivity index (χ0v) is 28.0. The fourth-order valence-corrected chi connectivity index (χ4v) is 9.09. The SMILES string of the molecule is CN=C(N)NCC1C(C)CC2C(=O)C3CC(OC)CC(OC4OC(O)(CO)C(O)(CCC5CCNC(N)C5)C(O)C4O)C3C(=O)C2C1O. The Morgan fingerprint density at radius 1 is 1.08 bits per heavy atom. The van der Waals surface area contributed by atoms with Crippen LogP contribution in [-0.2, 0) is 23.8 Å². The Balaban J connectivity index is 1.37. The number of Topliss-reactive ketones (excluding diaryl/α,β-unsaturated/α-hetero) is 2. The van der Waals surface area contributed by atoms with Gasteiger partial charge < -0.3 is 67.0 Å². The second-order valence-electron chi connectivity index (χ2n) is 14.7. The lowest BCUT2D eigenvalue weighted by molar-refractivity contribution is -0.436. The maximum absolute atomic E-state index is 14.3. The first-order chi connectivity index (χ1) is 22.7. The van der Waals surface area contributed by atoms with E-state index in [0.29, 0.717) is 25.8 Å². The highest BCUT2D eigenvalue weighted by molar-refractivity contribution is 6.00. The van der Waals surface area contributed by atoms with Crippen LogP contribution in [-0.4, -0.2) is 136 Å². The van der Waals surface area contributed by atoms with Crippen LogP contribution in [0, 0.1) is 41.4 Å². The molecule has 0 bridgehead atoms. The van der Waals surface area contributed by atoms with Gasteiger partial charge in [0, 0.05) is 44.9 Å². The summed E-state index contributed by atoms with van der Waals surface area (Å²) in [5.41, 5.74) is 9.34. The van der Waals surface area contributed by atoms with Crippen molar-refractivity contribution in [1.29, 1.82) is 0 Å². The van der Waals surface area contributed by atoms with Crippen molar-refractivity contribution in [1.82, 2.24) is 10.6 Å². The molecule has 12 N–H and O–H groups in total. The monoisotopic (exact) mass is 685 g/mol. The van der Waals surface area contributed by atoms with Crippen molar-refractivity contribution in [3.63, 3.8) is 0 Å². The zero-order valence-electron chi connectivity index (χ0n) is 28.0. The van der Waals surface area contributed by atoms with Gasteiger partial charge in [0.1, 0.15) is 36.0 Å². The van der Waals surface area contributed by atoms with E-state index < -0.39 is 84.4 Å². The van der Waals surface area contributed by atoms with Gasteiger partial charge >= 0.3 is 0 Å². The van der Waals surface area contributed by atoms with Crippen LogP contribution in [0.3, 0.4) is 0 Å². The number of nitrogens with one attached hydrogen (secondary N) is 2. The zero-order chi connectivity index (χ0) is 35.1. The summed E-state index contributed by atoms with van der Waals surface area (Å²) in [4.78, 5) is 32.3. The molecule has 2 heterocycles. The van der Waals surface area contributed by atoms with E-state index in [2.05, 4.69) is 15.6 Å². The number of fused-ring (bicyclic) bond motifs is 2. The van der Waals surface area contributed by atoms with E-state index in [4.69, 9.17) is 25.7 Å². The van der Waals surface area contributed by atoms with Crippen LogP contribution in [0.4, 0.5) is 0 Å². The van der Waals surface area contributed by atoms with Crippen molar-refractivity contribution < 1.29 is 54.4 Å². The van der Waals surface area contributed by atoms with Crippen LogP contribution in [0.25, 0.3) is 0 Å². The average Bonchev–Trinajstić information content (AvgIpc) is 3.07. The van der Waals surface area contributed by atoms with Crippen LogP contribution < -0.4 is 22.1 Å². The van der Waals surface area contributed by atoms with E-state index in [9.17, 15) is 40.2 Å². The minimum absolute atomic E-state index is 0.0565. The molecule has 0 aromatic heterocycles. The van der Waals surface area contributed by atoms with Gasteiger partial charge in [-0.25, -0.2) is 0 Å². The molecule has 16 nitrogen and oxygen atoms in total. The van der Waals surface area contributed by atoms with Crippen molar-refractivity contribution in [2.24, 2.45) is 57.9 Å². The van der Waals surface area contributed by atoms with Crippen LogP contribution in [0.1, 0.15) is 51.9 Å². The number of ketones is 2. The number of piperidine rings is 1. The van der Waals surface area contributed by atoms with Gasteiger partial charge in [0.05, 0.1) is 36.3 Å². The number of carbonyl (C=O) groups is 2. The van der Waals surface area contributed by atoms with Gasteiger partial charge in [-0.2, -0.15) is 0 Å². The molecule has 16 heteroatoms. The molecule has 16 unspecified atom stereocenters. The molecule has 2 saturated heterocycles. The van der Waals surface area contributed by atoms with E-state index in [1.807, 2.05) is 6.92 Å². The summed E-state index contributed by atoms with van der Waals surface area (Å²) in [6.45, 7) is 1.71. The molecule has 5 fully saturated rings. The number of aliphatic hydroxyl groups excluding tert-OH is 4. The largest absolute Gasteiger partial charge is 0.392 e. The van der Waals surface area contributed by atoms with Crippen LogP contribution >= 0.6 is 0 Å². The number of rotatable bonds is 9. The Bertz CT molecular complexity index is 1200. The third kappa shape index (κ3) is 6.78. The molecular weight excluding hydrogens is 630 g/mol. The standard InChI is InChI=1S/C32H55N5O11/c1-14-8-17-23(25(40)19(14)12-37-30(34)35-2)26(41)22-18(24(17)39)10-16(46-3)11-20(22)47-29-27(42)28(43)31(44,32(45,13-38)48-29)6-4-15-5-7-36-21(33)9-15/h14-23,25,27-29,36,38,40,42-45H,4-13,33H2,1-3H3,(H3,34,35,37). The number of hydrogen-bond acceptors (Lipinski definition) is 14. The summed E-state index contributed by atoms with van der Waals surface area (Å²) in [6, 6.07) is 0. The maximum atomic E-state index is 14.3. The molecular formula is C32H55N5O11. The van der Waals surface area contributed by atoms with Gasteiger partial charge in [-0.3, -0.25) is 14.6 Å². The number of aliphatic imine (C=N–C) groups is 1. The second kappa shape index (κ2) is 14.8. The Morgan fingerprint density at radius 3 is 2.44 bits per heavy atom. The molecule has 0 amide bonds. The minimum atomic E-state index is -2.74. The summed E-state index contributed by atoms with van der Waals surface area (Å²) < 4.78 is 17.5. The summed E-state index contributed by atoms with van der Waals surface area (Å²) in [5.74, 6) is -7.06. The van der Waals surface area contributed by atoms with Crippen molar-refractivity contribution in [2.45, 2.75) is 106 Å². The molecule has 0 radical (unpaired) electrons. The normalized spacial score (nSPS) is 48.5. The van der Waals surface area contributed by atoms with E-state index >= 15 is 0 Å². The van der Waals surface area contributed by atoms with Gasteiger partial charge in [-0.15, -0.1) is 0 Å². The Labute approximate surface area is 280 Å². The predicted molar refractivity (Wildman–Crippen MR) is 170 cm³/mol. The average molecular weight is 686 g/mol. The van der Waals surface area contributed by atoms with Crippen molar-refractivity contribution in [3.05, 3.63) is 0 Å². The fraction of sp³-hybridized carbons (Fsp3) is 0.906. The van der Waals surface area contributed by atoms with Gasteiger partial charge in [-0.1, -0.05) is 6.92 Å². The first-order valence-electron chi connectivity index (χ1n) is 17.2. The first kappa shape index (κ1) is 37.4. The number of nitrogens with zero attached hydrogens (tertiary/aromatic N) is 1. The molecule has 0 aromatic carbocycles. The Kier molecular flexibility index (Phi) is 11.5.